The number of nitrogens with one attached hydrogen (secondary N) is 1. The SMILES string of the molecule is CCOc1ccc(C(=O)Nc2nc(-c3ccc4c(c3)OCCO4)cs2)cc1OCC. The average Bonchev–Trinajstić information content (AvgIpc) is 3.23. The van der Waals surface area contributed by atoms with E-state index in [1.807, 2.05) is 37.4 Å². The fourth-order valence-electron chi connectivity index (χ4n) is 3.03. The van der Waals surface area contributed by atoms with E-state index >= 15 is 0 Å². The van der Waals surface area contributed by atoms with Gasteiger partial charge in [-0.25, -0.2) is 4.98 Å². The van der Waals surface area contributed by atoms with Crippen LogP contribution >= 0.6 is 11.3 Å². The Kier molecular flexibility index (Phi) is 6.04. The van der Waals surface area contributed by atoms with Crippen LogP contribution in [0, 0.1) is 0 Å². The van der Waals surface area contributed by atoms with Gasteiger partial charge in [-0.05, 0) is 50.2 Å². The zero-order valence-corrected chi connectivity index (χ0v) is 17.6. The van der Waals surface area contributed by atoms with Crippen molar-refractivity contribution in [3.63, 3.8) is 0 Å². The number of fused-ring (bicyclic) bond motifs is 1. The molecule has 0 saturated heterocycles. The topological polar surface area (TPSA) is 78.9 Å². The fraction of sp³-hybridized carbons (Fsp3) is 0.273. The average molecular weight is 426 g/mol. The molecule has 0 spiro atoms. The summed E-state index contributed by atoms with van der Waals surface area (Å²) >= 11 is 1.36. The number of nitrogens with zero attached hydrogens (tertiary/aromatic N) is 1. The van der Waals surface area contributed by atoms with Crippen LogP contribution in [0.25, 0.3) is 11.3 Å². The molecule has 1 amide bonds. The number of carbonyl (C=O) groups excluding carboxylic acids is 1. The van der Waals surface area contributed by atoms with E-state index in [0.29, 0.717) is 54.4 Å². The van der Waals surface area contributed by atoms with Crippen molar-refractivity contribution in [2.45, 2.75) is 13.8 Å². The van der Waals surface area contributed by atoms with Gasteiger partial charge in [0.1, 0.15) is 13.2 Å². The van der Waals surface area contributed by atoms with Gasteiger partial charge in [-0.3, -0.25) is 10.1 Å². The van der Waals surface area contributed by atoms with Crippen LogP contribution in [0.2, 0.25) is 0 Å². The van der Waals surface area contributed by atoms with Crippen LogP contribution in [0.15, 0.2) is 41.8 Å². The van der Waals surface area contributed by atoms with E-state index in [9.17, 15) is 4.79 Å². The maximum Gasteiger partial charge on any atom is 0.257 e. The highest BCUT2D eigenvalue weighted by atomic mass is 32.1. The molecular formula is C22H22N2O5S. The minimum Gasteiger partial charge on any atom is -0.490 e. The second-order valence-electron chi connectivity index (χ2n) is 6.38. The maximum absolute atomic E-state index is 12.7. The molecule has 1 aliphatic heterocycles. The molecule has 0 fully saturated rings. The van der Waals surface area contributed by atoms with Crippen molar-refractivity contribution in [1.82, 2.24) is 4.98 Å². The van der Waals surface area contributed by atoms with Crippen LogP contribution in [-0.4, -0.2) is 37.3 Å². The number of amides is 1. The lowest BCUT2D eigenvalue weighted by atomic mass is 10.1. The molecular weight excluding hydrogens is 404 g/mol. The van der Waals surface area contributed by atoms with Gasteiger partial charge in [-0.1, -0.05) is 0 Å². The van der Waals surface area contributed by atoms with Crippen molar-refractivity contribution in [3.05, 3.63) is 47.3 Å². The van der Waals surface area contributed by atoms with E-state index in [4.69, 9.17) is 18.9 Å². The van der Waals surface area contributed by atoms with Crippen LogP contribution < -0.4 is 24.3 Å². The monoisotopic (exact) mass is 426 g/mol. The Morgan fingerprint density at radius 1 is 1.03 bits per heavy atom. The van der Waals surface area contributed by atoms with Gasteiger partial charge in [0.05, 0.1) is 18.9 Å². The molecule has 1 N–H and O–H groups in total. The van der Waals surface area contributed by atoms with Crippen molar-refractivity contribution in [3.8, 4) is 34.3 Å². The lowest BCUT2D eigenvalue weighted by Gasteiger charge is -2.18. The number of thiazole rings is 1. The van der Waals surface area contributed by atoms with E-state index in [2.05, 4.69) is 10.3 Å². The van der Waals surface area contributed by atoms with Crippen molar-refractivity contribution in [1.29, 1.82) is 0 Å². The van der Waals surface area contributed by atoms with Crippen LogP contribution in [0.3, 0.4) is 0 Å². The minimum atomic E-state index is -0.262. The number of ether oxygens (including phenoxy) is 4. The molecule has 30 heavy (non-hydrogen) atoms. The zero-order chi connectivity index (χ0) is 20.9. The Hall–Kier alpha value is -3.26. The number of rotatable bonds is 7. The summed E-state index contributed by atoms with van der Waals surface area (Å²) in [6.45, 7) is 5.87. The van der Waals surface area contributed by atoms with Gasteiger partial charge in [0.2, 0.25) is 0 Å². The van der Waals surface area contributed by atoms with Gasteiger partial charge in [0.25, 0.3) is 5.91 Å². The third kappa shape index (κ3) is 4.33. The summed E-state index contributed by atoms with van der Waals surface area (Å²) in [4.78, 5) is 17.2. The molecule has 3 aromatic rings. The van der Waals surface area contributed by atoms with E-state index in [1.165, 1.54) is 11.3 Å². The molecule has 4 rings (SSSR count). The second kappa shape index (κ2) is 9.04. The summed E-state index contributed by atoms with van der Waals surface area (Å²) in [7, 11) is 0. The third-order valence-corrected chi connectivity index (χ3v) is 5.13. The highest BCUT2D eigenvalue weighted by Gasteiger charge is 2.16. The summed E-state index contributed by atoms with van der Waals surface area (Å²) in [6.07, 6.45) is 0. The Labute approximate surface area is 178 Å². The van der Waals surface area contributed by atoms with Gasteiger partial charge in [-0.2, -0.15) is 0 Å². The number of anilines is 1. The highest BCUT2D eigenvalue weighted by Crippen LogP contribution is 2.35. The van der Waals surface area contributed by atoms with Gasteiger partial charge < -0.3 is 18.9 Å². The van der Waals surface area contributed by atoms with Crippen LogP contribution in [0.5, 0.6) is 23.0 Å². The quantitative estimate of drug-likeness (QED) is 0.593. The largest absolute Gasteiger partial charge is 0.490 e. The zero-order valence-electron chi connectivity index (χ0n) is 16.8. The summed E-state index contributed by atoms with van der Waals surface area (Å²) in [5.41, 5.74) is 2.13. The summed E-state index contributed by atoms with van der Waals surface area (Å²) in [6, 6.07) is 10.8. The molecule has 2 aromatic carbocycles. The molecule has 2 heterocycles. The second-order valence-corrected chi connectivity index (χ2v) is 7.24. The van der Waals surface area contributed by atoms with Crippen LogP contribution in [0.1, 0.15) is 24.2 Å². The smallest absolute Gasteiger partial charge is 0.257 e. The third-order valence-electron chi connectivity index (χ3n) is 4.37. The molecule has 1 aromatic heterocycles. The molecule has 1 aliphatic rings. The number of benzene rings is 2. The first-order chi connectivity index (χ1) is 14.7. The number of carbonyl (C=O) groups is 1. The standard InChI is InChI=1S/C22H22N2O5S/c1-3-26-17-8-6-15(12-19(17)27-4-2)21(25)24-22-23-16(13-30-22)14-5-7-18-20(11-14)29-10-9-28-18/h5-8,11-13H,3-4,9-10H2,1-2H3,(H,23,24,25). The molecule has 0 unspecified atom stereocenters. The maximum atomic E-state index is 12.7. The normalized spacial score (nSPS) is 12.3. The molecule has 0 radical (unpaired) electrons. The number of hydrogen-bond acceptors (Lipinski definition) is 7. The lowest BCUT2D eigenvalue weighted by Crippen LogP contribution is -2.15. The first kappa shape index (κ1) is 20.0. The van der Waals surface area contributed by atoms with E-state index in [0.717, 1.165) is 17.0 Å². The van der Waals surface area contributed by atoms with E-state index in [-0.39, 0.29) is 5.91 Å². The lowest BCUT2D eigenvalue weighted by molar-refractivity contribution is 0.102. The molecule has 8 heteroatoms. The Morgan fingerprint density at radius 3 is 2.60 bits per heavy atom. The van der Waals surface area contributed by atoms with Crippen LogP contribution in [-0.2, 0) is 0 Å². The molecule has 0 saturated carbocycles. The molecule has 0 aliphatic carbocycles. The van der Waals surface area contributed by atoms with E-state index in [1.54, 1.807) is 18.2 Å². The van der Waals surface area contributed by atoms with Gasteiger partial charge in [0, 0.05) is 16.5 Å². The summed E-state index contributed by atoms with van der Waals surface area (Å²) in [5, 5.41) is 5.25. The summed E-state index contributed by atoms with van der Waals surface area (Å²) < 4.78 is 22.3. The number of aromatic nitrogens is 1. The van der Waals surface area contributed by atoms with Crippen molar-refractivity contribution in [2.75, 3.05) is 31.7 Å². The fourth-order valence-corrected chi connectivity index (χ4v) is 3.74. The first-order valence-corrected chi connectivity index (χ1v) is 10.6. The van der Waals surface area contributed by atoms with Gasteiger partial charge in [-0.15, -0.1) is 11.3 Å². The van der Waals surface area contributed by atoms with Crippen molar-refractivity contribution in [2.24, 2.45) is 0 Å². The van der Waals surface area contributed by atoms with Crippen molar-refractivity contribution >= 4 is 22.4 Å². The number of hydrogen-bond donors (Lipinski definition) is 1. The minimum absolute atomic E-state index is 0.262. The Balaban J connectivity index is 1.50. The van der Waals surface area contributed by atoms with E-state index < -0.39 is 0 Å². The van der Waals surface area contributed by atoms with Crippen LogP contribution in [0.4, 0.5) is 5.13 Å². The predicted octanol–water partition coefficient (Wildman–Crippen LogP) is 4.63. The van der Waals surface area contributed by atoms with Gasteiger partial charge >= 0.3 is 0 Å². The highest BCUT2D eigenvalue weighted by molar-refractivity contribution is 7.14. The summed E-state index contributed by atoms with van der Waals surface area (Å²) in [5.74, 6) is 2.33. The predicted molar refractivity (Wildman–Crippen MR) is 115 cm³/mol. The van der Waals surface area contributed by atoms with Crippen molar-refractivity contribution < 1.29 is 23.7 Å². The molecule has 156 valence electrons. The first-order valence-electron chi connectivity index (χ1n) is 9.74. The van der Waals surface area contributed by atoms with Gasteiger partial charge in [0.15, 0.2) is 28.1 Å². The Morgan fingerprint density at radius 2 is 1.80 bits per heavy atom. The molecule has 0 atom stereocenters. The molecule has 0 bridgehead atoms. The Bertz CT molecular complexity index is 1050. The molecule has 7 nitrogen and oxygen atoms in total.